The minimum atomic E-state index is -5.79. The van der Waals surface area contributed by atoms with E-state index >= 15 is 0 Å². The van der Waals surface area contributed by atoms with Crippen LogP contribution in [0, 0.1) is 5.82 Å². The van der Waals surface area contributed by atoms with Gasteiger partial charge in [0.25, 0.3) is 0 Å². The van der Waals surface area contributed by atoms with Crippen LogP contribution >= 0.6 is 0 Å². The molecular formula is C17H14F4N2O3S. The van der Waals surface area contributed by atoms with E-state index in [9.17, 15) is 26.0 Å². The summed E-state index contributed by atoms with van der Waals surface area (Å²) < 4.78 is 79.7. The summed E-state index contributed by atoms with van der Waals surface area (Å²) in [7, 11) is -5.79. The van der Waals surface area contributed by atoms with Crippen molar-refractivity contribution in [2.75, 3.05) is 0 Å². The van der Waals surface area contributed by atoms with Crippen molar-refractivity contribution in [3.05, 3.63) is 54.0 Å². The maximum absolute atomic E-state index is 13.1. The molecular weight excluding hydrogens is 388 g/mol. The Labute approximate surface area is 152 Å². The van der Waals surface area contributed by atoms with Crippen LogP contribution in [-0.2, 0) is 10.1 Å². The van der Waals surface area contributed by atoms with E-state index in [0.717, 1.165) is 0 Å². The number of aromatic nitrogens is 2. The van der Waals surface area contributed by atoms with Gasteiger partial charge in [0.2, 0.25) is 0 Å². The van der Waals surface area contributed by atoms with Crippen LogP contribution in [0.25, 0.3) is 16.6 Å². The fraction of sp³-hybridized carbons (Fsp3) is 0.235. The molecule has 1 aromatic heterocycles. The van der Waals surface area contributed by atoms with E-state index in [1.165, 1.54) is 47.3 Å². The van der Waals surface area contributed by atoms with Gasteiger partial charge in [-0.25, -0.2) is 9.07 Å². The highest BCUT2D eigenvalue weighted by Gasteiger charge is 2.48. The van der Waals surface area contributed by atoms with Crippen molar-refractivity contribution in [3.8, 4) is 11.4 Å². The normalized spacial score (nSPS) is 12.7. The number of halogens is 4. The monoisotopic (exact) mass is 402 g/mol. The van der Waals surface area contributed by atoms with E-state index in [0.29, 0.717) is 16.6 Å². The van der Waals surface area contributed by atoms with Gasteiger partial charge < -0.3 is 4.18 Å². The number of benzene rings is 2. The lowest BCUT2D eigenvalue weighted by Gasteiger charge is -2.15. The summed E-state index contributed by atoms with van der Waals surface area (Å²) in [4.78, 5) is 0. The average molecular weight is 402 g/mol. The predicted molar refractivity (Wildman–Crippen MR) is 90.7 cm³/mol. The van der Waals surface area contributed by atoms with E-state index in [-0.39, 0.29) is 11.5 Å². The van der Waals surface area contributed by atoms with Gasteiger partial charge in [0.15, 0.2) is 0 Å². The summed E-state index contributed by atoms with van der Waals surface area (Å²) in [5.74, 6) is -1.16. The third kappa shape index (κ3) is 3.61. The molecule has 144 valence electrons. The Hall–Kier alpha value is -2.62. The molecule has 0 atom stereocenters. The fourth-order valence-electron chi connectivity index (χ4n) is 2.55. The van der Waals surface area contributed by atoms with Crippen molar-refractivity contribution in [2.45, 2.75) is 25.3 Å². The van der Waals surface area contributed by atoms with Gasteiger partial charge in [-0.1, -0.05) is 13.8 Å². The standard InChI is InChI=1S/C17H14F4N2O3S/c1-10(2)14-8-15-11(7-16(14)26-27(24,25)17(19,20)21)9-22-23(15)13-5-3-12(18)4-6-13/h3-10H,1-2H3. The van der Waals surface area contributed by atoms with Gasteiger partial charge in [0.1, 0.15) is 11.6 Å². The first-order valence-electron chi connectivity index (χ1n) is 7.78. The molecule has 27 heavy (non-hydrogen) atoms. The number of fused-ring (bicyclic) bond motifs is 1. The first kappa shape index (κ1) is 19.2. The first-order valence-corrected chi connectivity index (χ1v) is 9.19. The third-order valence-electron chi connectivity index (χ3n) is 3.88. The highest BCUT2D eigenvalue weighted by atomic mass is 32.2. The Morgan fingerprint density at radius 1 is 1.11 bits per heavy atom. The molecule has 0 saturated carbocycles. The summed E-state index contributed by atoms with van der Waals surface area (Å²) in [6.45, 7) is 3.37. The quantitative estimate of drug-likeness (QED) is 0.366. The van der Waals surface area contributed by atoms with Crippen molar-refractivity contribution < 1.29 is 30.2 Å². The maximum atomic E-state index is 13.1. The molecule has 3 rings (SSSR count). The van der Waals surface area contributed by atoms with Crippen molar-refractivity contribution in [1.29, 1.82) is 0 Å². The van der Waals surface area contributed by atoms with E-state index < -0.39 is 27.2 Å². The second-order valence-corrected chi connectivity index (χ2v) is 7.66. The van der Waals surface area contributed by atoms with Crippen molar-refractivity contribution in [2.24, 2.45) is 0 Å². The molecule has 0 amide bonds. The highest BCUT2D eigenvalue weighted by Crippen LogP contribution is 2.35. The van der Waals surface area contributed by atoms with Crippen molar-refractivity contribution in [3.63, 3.8) is 0 Å². The summed E-state index contributed by atoms with van der Waals surface area (Å²) >= 11 is 0. The van der Waals surface area contributed by atoms with Gasteiger partial charge in [-0.05, 0) is 42.3 Å². The zero-order chi connectivity index (χ0) is 20.0. The van der Waals surface area contributed by atoms with Crippen LogP contribution in [-0.4, -0.2) is 23.7 Å². The Morgan fingerprint density at radius 3 is 2.30 bits per heavy atom. The van der Waals surface area contributed by atoms with Gasteiger partial charge >= 0.3 is 15.6 Å². The topological polar surface area (TPSA) is 61.2 Å². The van der Waals surface area contributed by atoms with Gasteiger partial charge in [-0.15, -0.1) is 0 Å². The second kappa shape index (κ2) is 6.52. The molecule has 0 fully saturated rings. The van der Waals surface area contributed by atoms with Gasteiger partial charge in [0, 0.05) is 10.9 Å². The molecule has 0 aliphatic rings. The molecule has 3 aromatic rings. The Morgan fingerprint density at radius 2 is 1.74 bits per heavy atom. The number of nitrogens with zero attached hydrogens (tertiary/aromatic N) is 2. The summed E-state index contributed by atoms with van der Waals surface area (Å²) in [6.07, 6.45) is 1.36. The number of alkyl halides is 3. The number of hydrogen-bond donors (Lipinski definition) is 0. The summed E-state index contributed by atoms with van der Waals surface area (Å²) in [6, 6.07) is 8.20. The third-order valence-corrected chi connectivity index (χ3v) is 4.84. The molecule has 10 heteroatoms. The van der Waals surface area contributed by atoms with Crippen molar-refractivity contribution in [1.82, 2.24) is 9.78 Å². The number of rotatable bonds is 4. The van der Waals surface area contributed by atoms with Gasteiger partial charge in [-0.3, -0.25) is 0 Å². The molecule has 1 heterocycles. The largest absolute Gasteiger partial charge is 0.534 e. The average Bonchev–Trinajstić information content (AvgIpc) is 2.96. The molecule has 0 bridgehead atoms. The van der Waals surface area contributed by atoms with Gasteiger partial charge in [-0.2, -0.15) is 26.7 Å². The summed E-state index contributed by atoms with van der Waals surface area (Å²) in [5.41, 5.74) is -4.21. The molecule has 0 spiro atoms. The molecule has 0 aliphatic heterocycles. The Balaban J connectivity index is 2.15. The minimum absolute atomic E-state index is 0.263. The molecule has 5 nitrogen and oxygen atoms in total. The minimum Gasteiger partial charge on any atom is -0.376 e. The fourth-order valence-corrected chi connectivity index (χ4v) is 3.02. The molecule has 0 N–H and O–H groups in total. The first-order chi connectivity index (χ1) is 12.5. The van der Waals surface area contributed by atoms with Crippen LogP contribution in [0.2, 0.25) is 0 Å². The van der Waals surface area contributed by atoms with E-state index in [2.05, 4.69) is 9.28 Å². The molecule has 2 aromatic carbocycles. The van der Waals surface area contributed by atoms with Crippen LogP contribution in [0.4, 0.5) is 17.6 Å². The SMILES string of the molecule is CC(C)c1cc2c(cnn2-c2ccc(F)cc2)cc1OS(=O)(=O)C(F)(F)F. The zero-order valence-corrected chi connectivity index (χ0v) is 15.0. The molecule has 0 radical (unpaired) electrons. The highest BCUT2D eigenvalue weighted by molar-refractivity contribution is 7.88. The van der Waals surface area contributed by atoms with Gasteiger partial charge in [0.05, 0.1) is 17.4 Å². The van der Waals surface area contributed by atoms with Crippen LogP contribution in [0.1, 0.15) is 25.3 Å². The molecule has 0 saturated heterocycles. The smallest absolute Gasteiger partial charge is 0.376 e. The lowest BCUT2D eigenvalue weighted by molar-refractivity contribution is -0.0500. The van der Waals surface area contributed by atoms with E-state index in [1.807, 2.05) is 0 Å². The second-order valence-electron chi connectivity index (χ2n) is 6.12. The van der Waals surface area contributed by atoms with Crippen LogP contribution in [0.5, 0.6) is 5.75 Å². The summed E-state index contributed by atoms with van der Waals surface area (Å²) in [5, 5.41) is 4.52. The molecule has 0 aliphatic carbocycles. The Kier molecular flexibility index (Phi) is 4.62. The van der Waals surface area contributed by atoms with Crippen LogP contribution in [0.15, 0.2) is 42.6 Å². The van der Waals surface area contributed by atoms with Crippen LogP contribution < -0.4 is 4.18 Å². The van der Waals surface area contributed by atoms with Crippen molar-refractivity contribution >= 4 is 21.0 Å². The lowest BCUT2D eigenvalue weighted by atomic mass is 10.0. The maximum Gasteiger partial charge on any atom is 0.534 e. The van der Waals surface area contributed by atoms with E-state index in [4.69, 9.17) is 0 Å². The number of hydrogen-bond acceptors (Lipinski definition) is 4. The lowest BCUT2D eigenvalue weighted by Crippen LogP contribution is -2.28. The van der Waals surface area contributed by atoms with E-state index in [1.54, 1.807) is 13.8 Å². The molecule has 0 unspecified atom stereocenters. The zero-order valence-electron chi connectivity index (χ0n) is 14.2. The predicted octanol–water partition coefficient (Wildman–Crippen LogP) is 4.52. The Bertz CT molecular complexity index is 1090. The van der Waals surface area contributed by atoms with Crippen LogP contribution in [0.3, 0.4) is 0 Å².